The van der Waals surface area contributed by atoms with Gasteiger partial charge < -0.3 is 16.0 Å². The van der Waals surface area contributed by atoms with E-state index < -0.39 is 17.8 Å². The standard InChI is InChI=1S/C24H27F3N6O2/c1-13(16-8-17(24(25,26)27)10-18(28)9-16)31-21-20-11-19(15-4-6-33(7-5-15)14(2)34)23(35)32(3)22(20)30-12-29-21/h8-13,15H,4-7,28H2,1-3H3,(H,29,30,31)/t13-/m1/s1. The van der Waals surface area contributed by atoms with Crippen molar-refractivity contribution in [1.82, 2.24) is 19.4 Å². The molecule has 8 nitrogen and oxygen atoms in total. The van der Waals surface area contributed by atoms with Crippen molar-refractivity contribution in [3.8, 4) is 0 Å². The zero-order valence-electron chi connectivity index (χ0n) is 19.7. The first kappa shape index (κ1) is 24.5. The number of amides is 1. The van der Waals surface area contributed by atoms with E-state index >= 15 is 0 Å². The van der Waals surface area contributed by atoms with E-state index in [1.54, 1.807) is 24.9 Å². The Hall–Kier alpha value is -3.63. The summed E-state index contributed by atoms with van der Waals surface area (Å²) in [6.45, 7) is 4.39. The zero-order valence-corrected chi connectivity index (χ0v) is 19.7. The molecule has 1 fully saturated rings. The highest BCUT2D eigenvalue weighted by molar-refractivity contribution is 5.87. The average molecular weight is 489 g/mol. The van der Waals surface area contributed by atoms with Crippen LogP contribution in [-0.4, -0.2) is 38.4 Å². The molecule has 186 valence electrons. The molecule has 2 aromatic heterocycles. The summed E-state index contributed by atoms with van der Waals surface area (Å²) in [7, 11) is 1.63. The molecule has 4 rings (SSSR count). The first-order valence-electron chi connectivity index (χ1n) is 11.3. The lowest BCUT2D eigenvalue weighted by Gasteiger charge is -2.31. The lowest BCUT2D eigenvalue weighted by molar-refractivity contribution is -0.137. The van der Waals surface area contributed by atoms with Gasteiger partial charge in [0.2, 0.25) is 5.91 Å². The fourth-order valence-corrected chi connectivity index (χ4v) is 4.59. The fraction of sp³-hybridized carbons (Fsp3) is 0.417. The van der Waals surface area contributed by atoms with Gasteiger partial charge in [-0.15, -0.1) is 0 Å². The Morgan fingerprint density at radius 2 is 1.86 bits per heavy atom. The van der Waals surface area contributed by atoms with Crippen LogP contribution in [0.2, 0.25) is 0 Å². The number of halogens is 3. The van der Waals surface area contributed by atoms with Crippen molar-refractivity contribution in [2.75, 3.05) is 24.1 Å². The molecule has 3 aromatic rings. The van der Waals surface area contributed by atoms with Gasteiger partial charge in [0.15, 0.2) is 0 Å². The third-order valence-corrected chi connectivity index (χ3v) is 6.57. The molecule has 0 radical (unpaired) electrons. The molecule has 1 aromatic carbocycles. The number of aryl methyl sites for hydroxylation is 1. The molecular formula is C24H27F3N6O2. The number of rotatable bonds is 4. The van der Waals surface area contributed by atoms with Gasteiger partial charge in [0.1, 0.15) is 17.8 Å². The van der Waals surface area contributed by atoms with E-state index in [9.17, 15) is 22.8 Å². The maximum Gasteiger partial charge on any atom is 0.416 e. The Kier molecular flexibility index (Phi) is 6.44. The number of aromatic nitrogens is 3. The number of piperidine rings is 1. The van der Waals surface area contributed by atoms with E-state index in [-0.39, 0.29) is 23.1 Å². The second-order valence-electron chi connectivity index (χ2n) is 8.96. The molecule has 1 aliphatic heterocycles. The van der Waals surface area contributed by atoms with Crippen LogP contribution < -0.4 is 16.6 Å². The van der Waals surface area contributed by atoms with E-state index in [0.29, 0.717) is 53.9 Å². The Bertz CT molecular complexity index is 1330. The number of nitrogen functional groups attached to an aromatic ring is 1. The van der Waals surface area contributed by atoms with Gasteiger partial charge in [-0.1, -0.05) is 0 Å². The number of anilines is 2. The van der Waals surface area contributed by atoms with Crippen molar-refractivity contribution in [2.24, 2.45) is 7.05 Å². The summed E-state index contributed by atoms with van der Waals surface area (Å²) in [5.74, 6) is 0.387. The molecule has 0 aliphatic carbocycles. The molecule has 1 atom stereocenters. The number of hydrogen-bond donors (Lipinski definition) is 2. The minimum absolute atomic E-state index is 0.0117. The minimum Gasteiger partial charge on any atom is -0.399 e. The minimum atomic E-state index is -4.52. The predicted octanol–water partition coefficient (Wildman–Crippen LogP) is 3.83. The predicted molar refractivity (Wildman–Crippen MR) is 127 cm³/mol. The van der Waals surface area contributed by atoms with E-state index in [0.717, 1.165) is 12.1 Å². The van der Waals surface area contributed by atoms with Crippen LogP contribution in [0.5, 0.6) is 0 Å². The summed E-state index contributed by atoms with van der Waals surface area (Å²) >= 11 is 0. The molecule has 0 spiro atoms. The molecule has 1 aliphatic rings. The quantitative estimate of drug-likeness (QED) is 0.541. The Labute approximate surface area is 200 Å². The van der Waals surface area contributed by atoms with Crippen LogP contribution in [-0.2, 0) is 18.0 Å². The highest BCUT2D eigenvalue weighted by Crippen LogP contribution is 2.34. The molecule has 11 heteroatoms. The SMILES string of the molecule is CC(=O)N1CCC(c2cc3c(N[C@H](C)c4cc(N)cc(C(F)(F)F)c4)ncnc3n(C)c2=O)CC1. The van der Waals surface area contributed by atoms with Crippen LogP contribution in [0.25, 0.3) is 11.0 Å². The van der Waals surface area contributed by atoms with Crippen LogP contribution in [0.1, 0.15) is 55.3 Å². The lowest BCUT2D eigenvalue weighted by atomic mass is 9.89. The molecule has 1 amide bonds. The van der Waals surface area contributed by atoms with E-state index in [4.69, 9.17) is 5.73 Å². The van der Waals surface area contributed by atoms with Crippen LogP contribution in [0, 0.1) is 0 Å². The molecule has 0 bridgehead atoms. The molecule has 0 saturated carbocycles. The summed E-state index contributed by atoms with van der Waals surface area (Å²) < 4.78 is 41.3. The summed E-state index contributed by atoms with van der Waals surface area (Å²) in [5, 5.41) is 3.75. The summed E-state index contributed by atoms with van der Waals surface area (Å²) in [6, 6.07) is 4.65. The molecule has 35 heavy (non-hydrogen) atoms. The summed E-state index contributed by atoms with van der Waals surface area (Å²) in [6.07, 6.45) is -1.88. The average Bonchev–Trinajstić information content (AvgIpc) is 2.80. The summed E-state index contributed by atoms with van der Waals surface area (Å²) in [5.41, 5.74) is 6.12. The lowest BCUT2D eigenvalue weighted by Crippen LogP contribution is -2.38. The van der Waals surface area contributed by atoms with Crippen LogP contribution >= 0.6 is 0 Å². The Morgan fingerprint density at radius 1 is 1.17 bits per heavy atom. The molecule has 1 saturated heterocycles. The van der Waals surface area contributed by atoms with Crippen molar-refractivity contribution in [2.45, 2.75) is 44.8 Å². The number of likely N-dealkylation sites (tertiary alicyclic amines) is 1. The maximum atomic E-state index is 13.3. The topological polar surface area (TPSA) is 106 Å². The molecular weight excluding hydrogens is 461 g/mol. The van der Waals surface area contributed by atoms with Gasteiger partial charge in [-0.05, 0) is 55.5 Å². The van der Waals surface area contributed by atoms with Gasteiger partial charge in [0.25, 0.3) is 5.56 Å². The van der Waals surface area contributed by atoms with Crippen LogP contribution in [0.15, 0.2) is 35.4 Å². The van der Waals surface area contributed by atoms with Gasteiger partial charge >= 0.3 is 6.18 Å². The normalized spacial score (nSPS) is 15.9. The van der Waals surface area contributed by atoms with Crippen molar-refractivity contribution in [1.29, 1.82) is 0 Å². The largest absolute Gasteiger partial charge is 0.416 e. The number of pyridine rings is 1. The number of nitrogens with one attached hydrogen (secondary N) is 1. The second-order valence-corrected chi connectivity index (χ2v) is 8.96. The van der Waals surface area contributed by atoms with E-state index in [1.807, 2.05) is 0 Å². The van der Waals surface area contributed by atoms with Crippen LogP contribution in [0.4, 0.5) is 24.7 Å². The fourth-order valence-electron chi connectivity index (χ4n) is 4.59. The van der Waals surface area contributed by atoms with Crippen LogP contribution in [0.3, 0.4) is 0 Å². The van der Waals surface area contributed by atoms with Crippen molar-refractivity contribution in [3.63, 3.8) is 0 Å². The Balaban J connectivity index is 1.70. The number of hydrogen-bond acceptors (Lipinski definition) is 6. The van der Waals surface area contributed by atoms with Gasteiger partial charge in [-0.2, -0.15) is 13.2 Å². The monoisotopic (exact) mass is 488 g/mol. The summed E-state index contributed by atoms with van der Waals surface area (Å²) in [4.78, 5) is 35.1. The first-order valence-corrected chi connectivity index (χ1v) is 11.3. The highest BCUT2D eigenvalue weighted by Gasteiger charge is 2.31. The van der Waals surface area contributed by atoms with Gasteiger partial charge in [-0.25, -0.2) is 9.97 Å². The highest BCUT2D eigenvalue weighted by atomic mass is 19.4. The molecule has 0 unspecified atom stereocenters. The second kappa shape index (κ2) is 9.20. The molecule has 3 N–H and O–H groups in total. The zero-order chi connectivity index (χ0) is 25.5. The third kappa shape index (κ3) is 4.94. The maximum absolute atomic E-state index is 13.3. The number of carbonyl (C=O) groups excluding carboxylic acids is 1. The number of fused-ring (bicyclic) bond motifs is 1. The first-order chi connectivity index (χ1) is 16.5. The molecule has 3 heterocycles. The van der Waals surface area contributed by atoms with Gasteiger partial charge in [0, 0.05) is 38.3 Å². The number of carbonyl (C=O) groups is 1. The van der Waals surface area contributed by atoms with Crippen molar-refractivity contribution in [3.05, 3.63) is 57.6 Å². The van der Waals surface area contributed by atoms with Gasteiger partial charge in [0.05, 0.1) is 17.0 Å². The number of nitrogens with zero attached hydrogens (tertiary/aromatic N) is 4. The smallest absolute Gasteiger partial charge is 0.399 e. The number of alkyl halides is 3. The Morgan fingerprint density at radius 3 is 2.49 bits per heavy atom. The number of benzene rings is 1. The number of nitrogens with two attached hydrogens (primary N) is 1. The van der Waals surface area contributed by atoms with E-state index in [2.05, 4.69) is 15.3 Å². The van der Waals surface area contributed by atoms with Crippen molar-refractivity contribution >= 4 is 28.4 Å². The van der Waals surface area contributed by atoms with E-state index in [1.165, 1.54) is 23.9 Å². The third-order valence-electron chi connectivity index (χ3n) is 6.57. The van der Waals surface area contributed by atoms with Crippen molar-refractivity contribution < 1.29 is 18.0 Å². The van der Waals surface area contributed by atoms with Gasteiger partial charge in [-0.3, -0.25) is 14.2 Å².